The molecule has 28 heavy (non-hydrogen) atoms. The highest BCUT2D eigenvalue weighted by molar-refractivity contribution is 14.0. The van der Waals surface area contributed by atoms with E-state index in [-0.39, 0.29) is 36.2 Å². The molecule has 2 atom stereocenters. The molecular weight excluding hydrogens is 467 g/mol. The number of nitrogens with zero attached hydrogens (tertiary/aromatic N) is 5. The van der Waals surface area contributed by atoms with Crippen molar-refractivity contribution in [2.24, 2.45) is 10.7 Å². The summed E-state index contributed by atoms with van der Waals surface area (Å²) in [6.07, 6.45) is 5.94. The number of hydrogen-bond donors (Lipinski definition) is 1. The summed E-state index contributed by atoms with van der Waals surface area (Å²) in [7, 11) is 0. The van der Waals surface area contributed by atoms with Crippen LogP contribution in [0.4, 0.5) is 5.95 Å². The second kappa shape index (κ2) is 10.0. The second-order valence-corrected chi connectivity index (χ2v) is 6.96. The van der Waals surface area contributed by atoms with Gasteiger partial charge in [0.25, 0.3) is 0 Å². The molecule has 150 valence electrons. The van der Waals surface area contributed by atoms with Crippen molar-refractivity contribution in [2.75, 3.05) is 37.6 Å². The van der Waals surface area contributed by atoms with Crippen molar-refractivity contribution >= 4 is 35.9 Å². The predicted octanol–water partition coefficient (Wildman–Crippen LogP) is 2.45. The molecule has 2 N–H and O–H groups in total. The number of halogens is 1. The molecule has 0 bridgehead atoms. The van der Waals surface area contributed by atoms with Gasteiger partial charge in [-0.1, -0.05) is 30.3 Å². The van der Waals surface area contributed by atoms with Crippen LogP contribution in [0.25, 0.3) is 0 Å². The number of benzene rings is 1. The summed E-state index contributed by atoms with van der Waals surface area (Å²) in [5.41, 5.74) is 7.47. The van der Waals surface area contributed by atoms with Crippen LogP contribution in [0.1, 0.15) is 24.5 Å². The van der Waals surface area contributed by atoms with E-state index in [4.69, 9.17) is 10.5 Å². The lowest BCUT2D eigenvalue weighted by Gasteiger charge is -2.35. The van der Waals surface area contributed by atoms with E-state index in [1.807, 2.05) is 12.1 Å². The SMILES string of the molecule is I.NC(=NC[C@H]1CC[C@@H](c2ccccc2)O1)N1CCN(c2ncccn2)CC1. The van der Waals surface area contributed by atoms with Gasteiger partial charge in [-0.05, 0) is 24.5 Å². The van der Waals surface area contributed by atoms with E-state index in [0.717, 1.165) is 45.0 Å². The van der Waals surface area contributed by atoms with Gasteiger partial charge in [-0.25, -0.2) is 9.97 Å². The monoisotopic (exact) mass is 494 g/mol. The van der Waals surface area contributed by atoms with Crippen molar-refractivity contribution in [3.05, 3.63) is 54.4 Å². The highest BCUT2D eigenvalue weighted by Crippen LogP contribution is 2.32. The first-order valence-electron chi connectivity index (χ1n) is 9.57. The van der Waals surface area contributed by atoms with Gasteiger partial charge in [-0.3, -0.25) is 4.99 Å². The number of ether oxygens (including phenoxy) is 1. The molecule has 0 spiro atoms. The molecule has 3 heterocycles. The first kappa shape index (κ1) is 20.8. The van der Waals surface area contributed by atoms with Gasteiger partial charge < -0.3 is 20.3 Å². The molecule has 0 aliphatic carbocycles. The van der Waals surface area contributed by atoms with Crippen LogP contribution in [-0.2, 0) is 4.74 Å². The lowest BCUT2D eigenvalue weighted by Crippen LogP contribution is -2.51. The van der Waals surface area contributed by atoms with Crippen LogP contribution < -0.4 is 10.6 Å². The standard InChI is InChI=1S/C20H26N6O.HI/c21-19(25-11-13-26(14-12-25)20-22-9-4-10-23-20)24-15-17-7-8-18(27-17)16-5-2-1-3-6-16;/h1-6,9-10,17-18H,7-8,11-15H2,(H2,21,24);1H/t17-,18+;/m1./s1. The first-order chi connectivity index (χ1) is 13.3. The largest absolute Gasteiger partial charge is 0.370 e. The summed E-state index contributed by atoms with van der Waals surface area (Å²) in [6, 6.07) is 12.2. The molecule has 0 unspecified atom stereocenters. The summed E-state index contributed by atoms with van der Waals surface area (Å²) in [5, 5.41) is 0. The molecule has 4 rings (SSSR count). The molecule has 0 radical (unpaired) electrons. The Balaban J connectivity index is 0.00000225. The number of piperazine rings is 1. The second-order valence-electron chi connectivity index (χ2n) is 6.96. The quantitative estimate of drug-likeness (QED) is 0.400. The molecular formula is C20H27IN6O. The van der Waals surface area contributed by atoms with E-state index >= 15 is 0 Å². The van der Waals surface area contributed by atoms with Crippen LogP contribution in [0.2, 0.25) is 0 Å². The van der Waals surface area contributed by atoms with Crippen LogP contribution >= 0.6 is 24.0 Å². The van der Waals surface area contributed by atoms with Crippen molar-refractivity contribution in [1.29, 1.82) is 0 Å². The first-order valence-corrected chi connectivity index (χ1v) is 9.57. The minimum absolute atomic E-state index is 0. The number of aliphatic imine (C=N–C) groups is 1. The summed E-state index contributed by atoms with van der Waals surface area (Å²) in [4.78, 5) is 17.5. The molecule has 1 aromatic heterocycles. The summed E-state index contributed by atoms with van der Waals surface area (Å²) in [5.74, 6) is 1.38. The van der Waals surface area contributed by atoms with E-state index < -0.39 is 0 Å². The zero-order valence-electron chi connectivity index (χ0n) is 15.9. The van der Waals surface area contributed by atoms with Gasteiger partial charge >= 0.3 is 0 Å². The number of aromatic nitrogens is 2. The third-order valence-corrected chi connectivity index (χ3v) is 5.17. The minimum Gasteiger partial charge on any atom is -0.370 e. The van der Waals surface area contributed by atoms with Crippen LogP contribution in [0.5, 0.6) is 0 Å². The van der Waals surface area contributed by atoms with Crippen molar-refractivity contribution < 1.29 is 4.74 Å². The fraction of sp³-hybridized carbons (Fsp3) is 0.450. The Morgan fingerprint density at radius 2 is 1.75 bits per heavy atom. The molecule has 8 heteroatoms. The number of hydrogen-bond acceptors (Lipinski definition) is 5. The average molecular weight is 494 g/mol. The number of guanidine groups is 1. The van der Waals surface area contributed by atoms with E-state index in [9.17, 15) is 0 Å². The number of anilines is 1. The third-order valence-electron chi connectivity index (χ3n) is 5.17. The van der Waals surface area contributed by atoms with Gasteiger partial charge in [0.2, 0.25) is 5.95 Å². The lowest BCUT2D eigenvalue weighted by atomic mass is 10.1. The fourth-order valence-electron chi connectivity index (χ4n) is 3.64. The van der Waals surface area contributed by atoms with E-state index in [0.29, 0.717) is 12.5 Å². The molecule has 0 saturated carbocycles. The van der Waals surface area contributed by atoms with Crippen LogP contribution in [0.15, 0.2) is 53.8 Å². The van der Waals surface area contributed by atoms with E-state index in [1.165, 1.54) is 5.56 Å². The Kier molecular flexibility index (Phi) is 7.43. The fourth-order valence-corrected chi connectivity index (χ4v) is 3.64. The normalized spacial score (nSPS) is 22.8. The molecule has 0 amide bonds. The van der Waals surface area contributed by atoms with Gasteiger partial charge in [0.15, 0.2) is 5.96 Å². The third kappa shape index (κ3) is 5.11. The van der Waals surface area contributed by atoms with Crippen LogP contribution in [0, 0.1) is 0 Å². The maximum absolute atomic E-state index is 6.23. The summed E-state index contributed by atoms with van der Waals surface area (Å²) in [6.45, 7) is 3.96. The molecule has 2 fully saturated rings. The van der Waals surface area contributed by atoms with Gasteiger partial charge in [0.05, 0.1) is 18.8 Å². The average Bonchev–Trinajstić information content (AvgIpc) is 3.22. The zero-order valence-corrected chi connectivity index (χ0v) is 18.2. The molecule has 2 aliphatic rings. The Labute approximate surface area is 183 Å². The van der Waals surface area contributed by atoms with E-state index in [2.05, 4.69) is 49.0 Å². The van der Waals surface area contributed by atoms with Gasteiger partial charge in [-0.15, -0.1) is 24.0 Å². The maximum atomic E-state index is 6.23. The minimum atomic E-state index is 0. The molecule has 2 aromatic rings. The highest BCUT2D eigenvalue weighted by Gasteiger charge is 2.26. The van der Waals surface area contributed by atoms with Crippen molar-refractivity contribution in [3.8, 4) is 0 Å². The van der Waals surface area contributed by atoms with Gasteiger partial charge in [-0.2, -0.15) is 0 Å². The van der Waals surface area contributed by atoms with Gasteiger partial charge in [0.1, 0.15) is 0 Å². The Bertz CT molecular complexity index is 752. The molecule has 1 aromatic carbocycles. The van der Waals surface area contributed by atoms with Crippen molar-refractivity contribution in [2.45, 2.75) is 25.0 Å². The van der Waals surface area contributed by atoms with E-state index in [1.54, 1.807) is 12.4 Å². The van der Waals surface area contributed by atoms with Crippen LogP contribution in [-0.4, -0.2) is 59.7 Å². The highest BCUT2D eigenvalue weighted by atomic mass is 127. The van der Waals surface area contributed by atoms with Crippen molar-refractivity contribution in [3.63, 3.8) is 0 Å². The topological polar surface area (TPSA) is 79.9 Å². The zero-order chi connectivity index (χ0) is 18.5. The van der Waals surface area contributed by atoms with Crippen LogP contribution in [0.3, 0.4) is 0 Å². The molecule has 2 aliphatic heterocycles. The predicted molar refractivity (Wildman–Crippen MR) is 121 cm³/mol. The Morgan fingerprint density at radius 3 is 2.46 bits per heavy atom. The smallest absolute Gasteiger partial charge is 0.225 e. The Hall–Kier alpha value is -1.94. The maximum Gasteiger partial charge on any atom is 0.225 e. The lowest BCUT2D eigenvalue weighted by molar-refractivity contribution is 0.0499. The van der Waals surface area contributed by atoms with Crippen molar-refractivity contribution in [1.82, 2.24) is 14.9 Å². The van der Waals surface area contributed by atoms with Gasteiger partial charge in [0, 0.05) is 38.6 Å². The number of rotatable bonds is 4. The molecule has 7 nitrogen and oxygen atoms in total. The molecule has 2 saturated heterocycles. The summed E-state index contributed by atoms with van der Waals surface area (Å²) < 4.78 is 6.15. The Morgan fingerprint density at radius 1 is 1.04 bits per heavy atom. The number of nitrogens with two attached hydrogens (primary N) is 1. The summed E-state index contributed by atoms with van der Waals surface area (Å²) >= 11 is 0.